The molecule has 62 heavy (non-hydrogen) atoms. The topological polar surface area (TPSA) is 234 Å². The smallest absolute Gasteiger partial charge is 0.276 e. The summed E-state index contributed by atoms with van der Waals surface area (Å²) in [4.78, 5) is 61.9. The highest BCUT2D eigenvalue weighted by atomic mass is 16.5. The van der Waals surface area contributed by atoms with Crippen molar-refractivity contribution in [2.45, 2.75) is 74.3 Å². The van der Waals surface area contributed by atoms with E-state index in [2.05, 4.69) is 20.8 Å². The van der Waals surface area contributed by atoms with Crippen molar-refractivity contribution in [1.82, 2.24) is 38.7 Å². The monoisotopic (exact) mass is 840 g/mol. The Balaban J connectivity index is 1.31. The number of amides is 4. The number of hydrogen-bond donors (Lipinski definition) is 4. The molecule has 7 aromatic rings. The van der Waals surface area contributed by atoms with Crippen molar-refractivity contribution >= 4 is 57.6 Å². The molecule has 0 spiro atoms. The molecule has 320 valence electrons. The quantitative estimate of drug-likeness (QED) is 0.0859. The number of ether oxygens (including phenoxy) is 2. The number of nitrogens with one attached hydrogen (secondary N) is 2. The van der Waals surface area contributed by atoms with Gasteiger partial charge >= 0.3 is 0 Å². The van der Waals surface area contributed by atoms with Crippen LogP contribution >= 0.6 is 0 Å². The van der Waals surface area contributed by atoms with Crippen LogP contribution in [-0.2, 0) is 32.8 Å². The molecule has 18 nitrogen and oxygen atoms in total. The Hall–Kier alpha value is -7.76. The van der Waals surface area contributed by atoms with Gasteiger partial charge in [0.2, 0.25) is 23.7 Å². The van der Waals surface area contributed by atoms with Crippen LogP contribution in [0.2, 0.25) is 0 Å². The third kappa shape index (κ3) is 8.61. The molecular formula is C44H48N12O6. The number of anilines is 2. The fourth-order valence-corrected chi connectivity index (χ4v) is 7.17. The zero-order valence-corrected chi connectivity index (χ0v) is 35.6. The fourth-order valence-electron chi connectivity index (χ4n) is 7.17. The first-order chi connectivity index (χ1) is 29.7. The van der Waals surface area contributed by atoms with Crippen LogP contribution in [0.1, 0.15) is 86.3 Å². The van der Waals surface area contributed by atoms with Crippen LogP contribution in [0.3, 0.4) is 0 Å². The first kappa shape index (κ1) is 42.4. The van der Waals surface area contributed by atoms with Crippen LogP contribution in [0.15, 0.2) is 77.9 Å². The van der Waals surface area contributed by atoms with Gasteiger partial charge in [0.15, 0.2) is 0 Å². The van der Waals surface area contributed by atoms with Crippen LogP contribution in [0, 0.1) is 13.8 Å². The Bertz CT molecular complexity index is 2910. The molecule has 0 radical (unpaired) electrons. The highest BCUT2D eigenvalue weighted by Gasteiger charge is 2.24. The van der Waals surface area contributed by atoms with E-state index in [0.717, 1.165) is 16.7 Å². The first-order valence-electron chi connectivity index (χ1n) is 19.9. The molecule has 0 fully saturated rings. The Morgan fingerprint density at radius 3 is 1.76 bits per heavy atom. The number of hydrogen-bond acceptors (Lipinski definition) is 10. The number of nitrogens with zero attached hydrogens (tertiary/aromatic N) is 8. The zero-order valence-electron chi connectivity index (χ0n) is 35.6. The van der Waals surface area contributed by atoms with E-state index in [9.17, 15) is 19.2 Å². The number of aryl methyl sites for hydroxylation is 4. The number of allylic oxidation sites excluding steroid dienone is 2. The number of carbonyl (C=O) groups is 4. The lowest BCUT2D eigenvalue weighted by Gasteiger charge is -2.17. The highest BCUT2D eigenvalue weighted by Crippen LogP contribution is 2.33. The van der Waals surface area contributed by atoms with Gasteiger partial charge < -0.3 is 30.1 Å². The molecule has 4 aromatic heterocycles. The number of benzene rings is 3. The van der Waals surface area contributed by atoms with E-state index in [0.29, 0.717) is 69.4 Å². The maximum Gasteiger partial charge on any atom is 0.276 e. The first-order valence-corrected chi connectivity index (χ1v) is 19.9. The fraction of sp³-hybridized carbons (Fsp3) is 0.273. The van der Waals surface area contributed by atoms with Gasteiger partial charge in [0.05, 0.1) is 35.0 Å². The number of aromatic nitrogens is 8. The molecule has 3 aromatic carbocycles. The van der Waals surface area contributed by atoms with Crippen molar-refractivity contribution in [3.05, 3.63) is 117 Å². The maximum absolute atomic E-state index is 13.9. The molecule has 4 amide bonds. The Morgan fingerprint density at radius 2 is 1.21 bits per heavy atom. The van der Waals surface area contributed by atoms with E-state index < -0.39 is 23.6 Å². The summed E-state index contributed by atoms with van der Waals surface area (Å²) >= 11 is 0. The molecule has 0 bridgehead atoms. The average molecular weight is 841 g/mol. The second-order valence-electron chi connectivity index (χ2n) is 14.9. The molecule has 0 atom stereocenters. The Labute approximate surface area is 356 Å². The lowest BCUT2D eigenvalue weighted by molar-refractivity contribution is 0.0992. The molecule has 0 saturated carbocycles. The van der Waals surface area contributed by atoms with Gasteiger partial charge in [0.25, 0.3) is 11.8 Å². The lowest BCUT2D eigenvalue weighted by Crippen LogP contribution is -2.21. The lowest BCUT2D eigenvalue weighted by atomic mass is 10.1. The van der Waals surface area contributed by atoms with Crippen LogP contribution < -0.4 is 31.6 Å². The van der Waals surface area contributed by atoms with Gasteiger partial charge in [-0.3, -0.25) is 39.2 Å². The van der Waals surface area contributed by atoms with Crippen LogP contribution in [0.25, 0.3) is 22.1 Å². The Kier molecular flexibility index (Phi) is 11.9. The second-order valence-corrected chi connectivity index (χ2v) is 14.9. The van der Waals surface area contributed by atoms with E-state index in [-0.39, 0.29) is 42.7 Å². The summed E-state index contributed by atoms with van der Waals surface area (Å²) in [7, 11) is 1.59. The number of rotatable bonds is 16. The number of methoxy groups -OCH3 is 1. The average Bonchev–Trinajstić information content (AvgIpc) is 4.02. The largest absolute Gasteiger partial charge is 0.497 e. The van der Waals surface area contributed by atoms with Crippen LogP contribution in [0.4, 0.5) is 11.9 Å². The second kappa shape index (κ2) is 17.5. The van der Waals surface area contributed by atoms with Crippen molar-refractivity contribution < 1.29 is 28.7 Å². The van der Waals surface area contributed by atoms with Gasteiger partial charge in [-0.1, -0.05) is 23.3 Å². The minimum absolute atomic E-state index is 0.134. The summed E-state index contributed by atoms with van der Waals surface area (Å²) in [5, 5.41) is 14.8. The summed E-state index contributed by atoms with van der Waals surface area (Å²) in [6.07, 6.45) is 0. The van der Waals surface area contributed by atoms with Gasteiger partial charge in [-0.25, -0.2) is 9.97 Å². The van der Waals surface area contributed by atoms with Gasteiger partial charge in [0, 0.05) is 37.3 Å². The molecule has 6 N–H and O–H groups in total. The van der Waals surface area contributed by atoms with E-state index >= 15 is 0 Å². The number of primary amides is 2. The minimum atomic E-state index is -0.678. The number of nitrogens with two attached hydrogens (primary N) is 2. The molecule has 0 aliphatic rings. The van der Waals surface area contributed by atoms with Gasteiger partial charge in [-0.15, -0.1) is 0 Å². The summed E-state index contributed by atoms with van der Waals surface area (Å²) in [5.74, 6) is -0.676. The van der Waals surface area contributed by atoms with Crippen LogP contribution in [-0.4, -0.2) is 69.4 Å². The van der Waals surface area contributed by atoms with Crippen molar-refractivity contribution in [1.29, 1.82) is 0 Å². The molecule has 0 unspecified atom stereocenters. The summed E-state index contributed by atoms with van der Waals surface area (Å²) < 4.78 is 18.6. The SMILES string of the molecule is CCn1nc(C)cc1C(=O)Nc1nc2cc(C(N)=O)ccc2n1C/C(C)=C(\C)Cn1c(NC(=O)c2cc(C)nn2CC)nc2cc(C(N)=O)cc(OCc3ccc(OC)cc3)c21. The van der Waals surface area contributed by atoms with Crippen molar-refractivity contribution in [2.75, 3.05) is 17.7 Å². The third-order valence-corrected chi connectivity index (χ3v) is 10.5. The van der Waals surface area contributed by atoms with Crippen LogP contribution in [0.5, 0.6) is 11.5 Å². The molecule has 0 aliphatic carbocycles. The van der Waals surface area contributed by atoms with Gasteiger partial charge in [-0.05, 0) is 102 Å². The zero-order chi connectivity index (χ0) is 44.4. The van der Waals surface area contributed by atoms with Crippen molar-refractivity contribution in [3.8, 4) is 11.5 Å². The highest BCUT2D eigenvalue weighted by molar-refractivity contribution is 6.05. The number of carbonyl (C=O) groups excluding carboxylic acids is 4. The van der Waals surface area contributed by atoms with E-state index in [4.69, 9.17) is 30.9 Å². The van der Waals surface area contributed by atoms with Gasteiger partial charge in [-0.2, -0.15) is 10.2 Å². The summed E-state index contributed by atoms with van der Waals surface area (Å²) in [5.41, 5.74) is 18.5. The van der Waals surface area contributed by atoms with E-state index in [1.165, 1.54) is 0 Å². The molecule has 0 saturated heterocycles. The van der Waals surface area contributed by atoms with Crippen molar-refractivity contribution in [3.63, 3.8) is 0 Å². The predicted octanol–water partition coefficient (Wildman–Crippen LogP) is 5.76. The standard InChI is InChI=1S/C44H48N12O6/c1-8-55-35(16-26(5)51-55)41(59)49-43-47-32-18-29(39(45)57)12-15-34(32)53(43)21-24(3)25(4)22-54-38-33(48-44(54)50-42(60)36-17-27(6)52-56(36)9-2)19-30(40(46)58)20-37(38)62-23-28-10-13-31(61-7)14-11-28/h10-20H,8-9,21-23H2,1-7H3,(H2,45,57)(H2,46,58)(H,47,49,59)(H,48,50,60)/b25-24+. The Morgan fingerprint density at radius 1 is 0.677 bits per heavy atom. The van der Waals surface area contributed by atoms with Gasteiger partial charge in [0.1, 0.15) is 35.0 Å². The van der Waals surface area contributed by atoms with E-state index in [1.54, 1.807) is 58.9 Å². The molecule has 7 rings (SSSR count). The van der Waals surface area contributed by atoms with E-state index in [1.807, 2.05) is 74.9 Å². The molecule has 18 heteroatoms. The molecule has 4 heterocycles. The normalized spacial score (nSPS) is 11.8. The summed E-state index contributed by atoms with van der Waals surface area (Å²) in [6.45, 7) is 12.9. The molecule has 0 aliphatic heterocycles. The maximum atomic E-state index is 13.9. The summed E-state index contributed by atoms with van der Waals surface area (Å²) in [6, 6.07) is 18.9. The number of fused-ring (bicyclic) bond motifs is 2. The number of imidazole rings is 2. The van der Waals surface area contributed by atoms with Crippen molar-refractivity contribution in [2.24, 2.45) is 11.5 Å². The molecular weight excluding hydrogens is 793 g/mol. The predicted molar refractivity (Wildman–Crippen MR) is 233 cm³/mol. The third-order valence-electron chi connectivity index (χ3n) is 10.5. The minimum Gasteiger partial charge on any atom is -0.497 e.